The van der Waals surface area contributed by atoms with Gasteiger partial charge >= 0.3 is 0 Å². The van der Waals surface area contributed by atoms with Crippen molar-refractivity contribution >= 4 is 61.8 Å². The molecule has 10 aromatic rings. The molecule has 6 N–H and O–H groups in total. The number of pyridine rings is 5. The molecule has 0 aliphatic heterocycles. The van der Waals surface area contributed by atoms with Crippen LogP contribution in [0.4, 0.5) is 0 Å². The van der Waals surface area contributed by atoms with E-state index in [2.05, 4.69) is 45.9 Å². The molecule has 0 bridgehead atoms. The van der Waals surface area contributed by atoms with Crippen LogP contribution >= 0.6 is 11.3 Å². The Labute approximate surface area is 392 Å². The standard InChI is InChI=1S/C20H15N3O2S.2C16H13N3O2/c24-19-15(9-8-14-7-4-10-21-18(14)19)20(25)22-11-17-23-16(12-26-17)13-5-2-1-3-6-13;20-15-13(4-3-12-2-1-7-18-14(12)15)16(21)19-10-11-5-8-17-9-6-11;20-15-13(7-6-11-4-3-9-18-14(11)15)16(21)19-10-12-5-1-2-8-17-12/h1-10,12,24H,11H2,(H,22,25);2*1-9,20H,10H2,(H,19,21). The van der Waals surface area contributed by atoms with E-state index in [0.717, 1.165) is 43.7 Å². The molecule has 6 heterocycles. The van der Waals surface area contributed by atoms with E-state index in [9.17, 15) is 29.7 Å². The maximum atomic E-state index is 12.4. The third-order valence-corrected chi connectivity index (χ3v) is 11.2. The Kier molecular flexibility index (Phi) is 14.5. The van der Waals surface area contributed by atoms with Crippen molar-refractivity contribution in [1.82, 2.24) is 45.9 Å². The van der Waals surface area contributed by atoms with E-state index >= 15 is 0 Å². The molecule has 10 rings (SSSR count). The van der Waals surface area contributed by atoms with E-state index < -0.39 is 0 Å². The summed E-state index contributed by atoms with van der Waals surface area (Å²) in [5.41, 5.74) is 5.51. The first-order valence-corrected chi connectivity index (χ1v) is 21.9. The topological polar surface area (TPSA) is 225 Å². The summed E-state index contributed by atoms with van der Waals surface area (Å²) >= 11 is 1.49. The van der Waals surface area contributed by atoms with Gasteiger partial charge in [0.05, 0.1) is 41.2 Å². The summed E-state index contributed by atoms with van der Waals surface area (Å²) in [7, 11) is 0. The molecular formula is C52H41N9O6S. The van der Waals surface area contributed by atoms with Crippen LogP contribution in [0.1, 0.15) is 47.3 Å². The van der Waals surface area contributed by atoms with Gasteiger partial charge in [0.15, 0.2) is 17.2 Å². The smallest absolute Gasteiger partial charge is 0.255 e. The number of hydrogen-bond donors (Lipinski definition) is 6. The Bertz CT molecular complexity index is 3220. The van der Waals surface area contributed by atoms with Crippen molar-refractivity contribution in [2.75, 3.05) is 0 Å². The van der Waals surface area contributed by atoms with Crippen molar-refractivity contribution in [2.24, 2.45) is 0 Å². The number of aromatic nitrogens is 6. The number of carbonyl (C=O) groups is 3. The fourth-order valence-corrected chi connectivity index (χ4v) is 7.61. The molecule has 0 saturated heterocycles. The molecule has 336 valence electrons. The normalized spacial score (nSPS) is 10.6. The molecule has 16 heteroatoms. The first kappa shape index (κ1) is 45.4. The monoisotopic (exact) mass is 919 g/mol. The first-order valence-electron chi connectivity index (χ1n) is 21.1. The molecule has 0 fully saturated rings. The summed E-state index contributed by atoms with van der Waals surface area (Å²) in [5, 5.41) is 44.1. The zero-order chi connectivity index (χ0) is 47.2. The molecular weight excluding hydrogens is 879 g/mol. The Balaban J connectivity index is 0.000000139. The number of benzene rings is 4. The minimum atomic E-state index is -0.356. The Morgan fingerprint density at radius 3 is 1.43 bits per heavy atom. The lowest BCUT2D eigenvalue weighted by Crippen LogP contribution is -2.23. The lowest BCUT2D eigenvalue weighted by Gasteiger charge is -2.08. The van der Waals surface area contributed by atoms with Crippen LogP contribution < -0.4 is 16.0 Å². The van der Waals surface area contributed by atoms with Gasteiger partial charge in [0.1, 0.15) is 21.6 Å². The second-order valence-electron chi connectivity index (χ2n) is 14.8. The number of carbonyl (C=O) groups excluding carboxylic acids is 3. The lowest BCUT2D eigenvalue weighted by atomic mass is 10.1. The van der Waals surface area contributed by atoms with Crippen LogP contribution in [0.15, 0.2) is 176 Å². The molecule has 0 spiro atoms. The number of fused-ring (bicyclic) bond motifs is 3. The van der Waals surface area contributed by atoms with Gasteiger partial charge in [-0.15, -0.1) is 11.3 Å². The predicted octanol–water partition coefficient (Wildman–Crippen LogP) is 8.52. The number of nitrogens with one attached hydrogen (secondary N) is 3. The number of aromatic hydroxyl groups is 3. The van der Waals surface area contributed by atoms with Crippen LogP contribution in [-0.4, -0.2) is 62.9 Å². The van der Waals surface area contributed by atoms with E-state index in [4.69, 9.17) is 0 Å². The number of amides is 3. The van der Waals surface area contributed by atoms with Gasteiger partial charge in [-0.2, -0.15) is 0 Å². The van der Waals surface area contributed by atoms with Crippen molar-refractivity contribution in [2.45, 2.75) is 19.6 Å². The van der Waals surface area contributed by atoms with E-state index in [1.807, 2.05) is 84.2 Å². The number of thiazole rings is 1. The molecule has 0 aliphatic rings. The van der Waals surface area contributed by atoms with Gasteiger partial charge in [-0.25, -0.2) is 4.98 Å². The highest BCUT2D eigenvalue weighted by Gasteiger charge is 2.17. The number of rotatable bonds is 10. The fraction of sp³-hybridized carbons (Fsp3) is 0.0577. The van der Waals surface area contributed by atoms with Crippen molar-refractivity contribution in [3.05, 3.63) is 209 Å². The highest BCUT2D eigenvalue weighted by Crippen LogP contribution is 2.29. The SMILES string of the molecule is O=C(NCc1ccccn1)c1ccc2cccnc2c1O.O=C(NCc1ccncc1)c1ccc2cccnc2c1O.O=C(NCc1nc(-c2ccccc2)cs1)c1ccc2cccnc2c1O. The van der Waals surface area contributed by atoms with Crippen molar-refractivity contribution in [3.8, 4) is 28.5 Å². The molecule has 4 aromatic carbocycles. The Morgan fingerprint density at radius 2 is 0.926 bits per heavy atom. The number of hydrogen-bond acceptors (Lipinski definition) is 13. The third-order valence-electron chi connectivity index (χ3n) is 10.4. The summed E-state index contributed by atoms with van der Waals surface area (Å²) in [6.07, 6.45) is 9.75. The summed E-state index contributed by atoms with van der Waals surface area (Å²) in [5.74, 6) is -1.36. The van der Waals surface area contributed by atoms with Crippen molar-refractivity contribution < 1.29 is 29.7 Å². The van der Waals surface area contributed by atoms with Gasteiger partial charge in [-0.1, -0.05) is 72.8 Å². The minimum absolute atomic E-state index is 0.0969. The number of phenols is 3. The number of phenolic OH excluding ortho intramolecular Hbond substituents is 3. The van der Waals surface area contributed by atoms with Gasteiger partial charge in [0, 0.05) is 70.8 Å². The maximum absolute atomic E-state index is 12.4. The van der Waals surface area contributed by atoms with Crippen LogP contribution in [0.2, 0.25) is 0 Å². The average molecular weight is 920 g/mol. The summed E-state index contributed by atoms with van der Waals surface area (Å²) in [6, 6.07) is 40.0. The quantitative estimate of drug-likeness (QED) is 0.0759. The summed E-state index contributed by atoms with van der Waals surface area (Å²) in [6.45, 7) is 0.983. The fourth-order valence-electron chi connectivity index (χ4n) is 6.87. The third kappa shape index (κ3) is 11.0. The zero-order valence-corrected chi connectivity index (χ0v) is 36.8. The van der Waals surface area contributed by atoms with E-state index in [0.29, 0.717) is 36.2 Å². The first-order chi connectivity index (χ1) is 33.2. The van der Waals surface area contributed by atoms with Gasteiger partial charge in [0.2, 0.25) is 0 Å². The maximum Gasteiger partial charge on any atom is 0.255 e. The highest BCUT2D eigenvalue weighted by atomic mass is 32.1. The van der Waals surface area contributed by atoms with Crippen LogP contribution in [0.5, 0.6) is 17.2 Å². The Morgan fingerprint density at radius 1 is 0.456 bits per heavy atom. The molecule has 0 saturated carbocycles. The molecule has 15 nitrogen and oxygen atoms in total. The van der Waals surface area contributed by atoms with Gasteiger partial charge < -0.3 is 31.3 Å². The molecule has 0 atom stereocenters. The molecule has 0 radical (unpaired) electrons. The van der Waals surface area contributed by atoms with E-state index in [1.165, 1.54) is 11.3 Å². The second-order valence-corrected chi connectivity index (χ2v) is 15.8. The van der Waals surface area contributed by atoms with E-state index in [-0.39, 0.29) is 51.7 Å². The Hall–Kier alpha value is -9.15. The zero-order valence-electron chi connectivity index (χ0n) is 36.0. The lowest BCUT2D eigenvalue weighted by molar-refractivity contribution is 0.0939. The summed E-state index contributed by atoms with van der Waals surface area (Å²) < 4.78 is 0. The average Bonchev–Trinajstić information content (AvgIpc) is 3.88. The molecule has 0 unspecified atom stereocenters. The van der Waals surface area contributed by atoms with Crippen LogP contribution in [0, 0.1) is 0 Å². The largest absolute Gasteiger partial charge is 0.505 e. The molecule has 68 heavy (non-hydrogen) atoms. The van der Waals surface area contributed by atoms with Crippen LogP contribution in [-0.2, 0) is 19.6 Å². The highest BCUT2D eigenvalue weighted by molar-refractivity contribution is 7.09. The van der Waals surface area contributed by atoms with Gasteiger partial charge in [0.25, 0.3) is 17.7 Å². The van der Waals surface area contributed by atoms with Crippen molar-refractivity contribution in [3.63, 3.8) is 0 Å². The second kappa shape index (κ2) is 21.7. The van der Waals surface area contributed by atoms with Gasteiger partial charge in [-0.3, -0.25) is 39.3 Å². The van der Waals surface area contributed by atoms with Crippen molar-refractivity contribution in [1.29, 1.82) is 0 Å². The van der Waals surface area contributed by atoms with Crippen LogP contribution in [0.3, 0.4) is 0 Å². The van der Waals surface area contributed by atoms with E-state index in [1.54, 1.807) is 91.8 Å². The van der Waals surface area contributed by atoms with Gasteiger partial charge in [-0.05, 0) is 66.2 Å². The molecule has 3 amide bonds. The predicted molar refractivity (Wildman–Crippen MR) is 260 cm³/mol. The van der Waals surface area contributed by atoms with Crippen LogP contribution in [0.25, 0.3) is 44.0 Å². The number of nitrogens with zero attached hydrogens (tertiary/aromatic N) is 6. The molecule has 0 aliphatic carbocycles. The minimum Gasteiger partial charge on any atom is -0.505 e. The molecule has 6 aromatic heterocycles. The summed E-state index contributed by atoms with van der Waals surface area (Å²) in [4.78, 5) is 61.7.